The van der Waals surface area contributed by atoms with Crippen molar-refractivity contribution >= 4 is 22.6 Å². The lowest BCUT2D eigenvalue weighted by atomic mass is 9.99. The molecule has 3 aromatic rings. The summed E-state index contributed by atoms with van der Waals surface area (Å²) in [6, 6.07) is 7.04. The van der Waals surface area contributed by atoms with Gasteiger partial charge in [0.05, 0.1) is 10.6 Å². The summed E-state index contributed by atoms with van der Waals surface area (Å²) in [4.78, 5) is 6.91. The van der Waals surface area contributed by atoms with Gasteiger partial charge in [0, 0.05) is 23.3 Å². The lowest BCUT2D eigenvalue weighted by Gasteiger charge is -2.11. The van der Waals surface area contributed by atoms with E-state index in [4.69, 9.17) is 11.6 Å². The number of pyridine rings is 1. The Bertz CT molecular complexity index is 777. The van der Waals surface area contributed by atoms with Crippen molar-refractivity contribution in [3.8, 4) is 11.1 Å². The highest BCUT2D eigenvalue weighted by atomic mass is 35.5. The maximum Gasteiger partial charge on any atom is 0.417 e. The van der Waals surface area contributed by atoms with Gasteiger partial charge in [0.15, 0.2) is 0 Å². The van der Waals surface area contributed by atoms with Crippen LogP contribution in [-0.4, -0.2) is 9.97 Å². The summed E-state index contributed by atoms with van der Waals surface area (Å²) in [5.41, 5.74) is 0.362. The number of nitrogens with one attached hydrogen (secondary N) is 1. The first-order chi connectivity index (χ1) is 9.47. The number of H-pyrrole nitrogens is 1. The lowest BCUT2D eigenvalue weighted by molar-refractivity contribution is -0.137. The number of fused-ring (bicyclic) bond motifs is 1. The minimum atomic E-state index is -4.41. The Morgan fingerprint density at radius 2 is 1.85 bits per heavy atom. The van der Waals surface area contributed by atoms with Crippen LogP contribution in [0.25, 0.3) is 22.2 Å². The smallest absolute Gasteiger partial charge is 0.346 e. The summed E-state index contributed by atoms with van der Waals surface area (Å²) in [5.74, 6) is 0. The molecule has 0 aliphatic heterocycles. The molecule has 0 amide bonds. The van der Waals surface area contributed by atoms with Crippen LogP contribution < -0.4 is 0 Å². The van der Waals surface area contributed by atoms with E-state index in [0.717, 1.165) is 6.07 Å². The van der Waals surface area contributed by atoms with E-state index in [-0.39, 0.29) is 5.56 Å². The van der Waals surface area contributed by atoms with Crippen LogP contribution in [-0.2, 0) is 6.18 Å². The zero-order valence-corrected chi connectivity index (χ0v) is 10.8. The topological polar surface area (TPSA) is 28.7 Å². The first-order valence-electron chi connectivity index (χ1n) is 5.76. The van der Waals surface area contributed by atoms with E-state index >= 15 is 0 Å². The number of aromatic amines is 1. The number of halogens is 4. The van der Waals surface area contributed by atoms with Crippen molar-refractivity contribution < 1.29 is 13.2 Å². The highest BCUT2D eigenvalue weighted by molar-refractivity contribution is 6.31. The molecule has 0 bridgehead atoms. The largest absolute Gasteiger partial charge is 0.417 e. The lowest BCUT2D eigenvalue weighted by Crippen LogP contribution is -2.06. The molecule has 0 fully saturated rings. The van der Waals surface area contributed by atoms with Crippen molar-refractivity contribution in [3.05, 3.63) is 53.3 Å². The minimum absolute atomic E-state index is 0.107. The molecule has 0 saturated heterocycles. The summed E-state index contributed by atoms with van der Waals surface area (Å²) in [7, 11) is 0. The van der Waals surface area contributed by atoms with Crippen molar-refractivity contribution in [2.24, 2.45) is 0 Å². The van der Waals surface area contributed by atoms with Crippen molar-refractivity contribution in [2.75, 3.05) is 0 Å². The van der Waals surface area contributed by atoms with Crippen LogP contribution in [0.5, 0.6) is 0 Å². The van der Waals surface area contributed by atoms with E-state index in [1.807, 2.05) is 0 Å². The molecule has 0 aliphatic rings. The summed E-state index contributed by atoms with van der Waals surface area (Å²) in [5, 5.41) is 0.942. The number of hydrogen-bond acceptors (Lipinski definition) is 1. The average Bonchev–Trinajstić information content (AvgIpc) is 2.80. The second kappa shape index (κ2) is 4.52. The second-order valence-electron chi connectivity index (χ2n) is 4.30. The Morgan fingerprint density at radius 1 is 1.10 bits per heavy atom. The van der Waals surface area contributed by atoms with E-state index in [1.54, 1.807) is 12.1 Å². The standard InChI is InChI=1S/C14H8ClF3N2/c15-8-5-10-11(7-20-13(10)19-6-8)9-3-1-2-4-12(9)14(16,17)18/h1-7H,(H,19,20). The van der Waals surface area contributed by atoms with Crippen LogP contribution in [0.15, 0.2) is 42.7 Å². The first-order valence-corrected chi connectivity index (χ1v) is 6.14. The van der Waals surface area contributed by atoms with Gasteiger partial charge >= 0.3 is 6.18 Å². The molecule has 102 valence electrons. The maximum atomic E-state index is 13.1. The SMILES string of the molecule is FC(F)(F)c1ccccc1-c1c[nH]c2ncc(Cl)cc12. The summed E-state index contributed by atoms with van der Waals surface area (Å²) >= 11 is 5.87. The molecular weight excluding hydrogens is 289 g/mol. The zero-order valence-electron chi connectivity index (χ0n) is 10.0. The molecule has 0 atom stereocenters. The van der Waals surface area contributed by atoms with E-state index in [9.17, 15) is 13.2 Å². The third-order valence-electron chi connectivity index (χ3n) is 3.02. The Hall–Kier alpha value is -2.01. The summed E-state index contributed by atoms with van der Waals surface area (Å²) in [6.07, 6.45) is -1.45. The maximum absolute atomic E-state index is 13.1. The highest BCUT2D eigenvalue weighted by Gasteiger charge is 2.33. The van der Waals surface area contributed by atoms with Gasteiger partial charge in [0.1, 0.15) is 5.65 Å². The van der Waals surface area contributed by atoms with E-state index in [0.29, 0.717) is 21.6 Å². The number of aromatic nitrogens is 2. The van der Waals surface area contributed by atoms with Crippen molar-refractivity contribution in [1.29, 1.82) is 0 Å². The number of nitrogens with zero attached hydrogens (tertiary/aromatic N) is 1. The van der Waals surface area contributed by atoms with Crippen molar-refractivity contribution in [2.45, 2.75) is 6.18 Å². The first kappa shape index (κ1) is 13.0. The molecule has 2 aromatic heterocycles. The number of alkyl halides is 3. The van der Waals surface area contributed by atoms with Crippen molar-refractivity contribution in [1.82, 2.24) is 9.97 Å². The molecule has 0 unspecified atom stereocenters. The van der Waals surface area contributed by atoms with Crippen LogP contribution in [0.2, 0.25) is 5.02 Å². The van der Waals surface area contributed by atoms with Crippen molar-refractivity contribution in [3.63, 3.8) is 0 Å². The van der Waals surface area contributed by atoms with Gasteiger partial charge in [-0.1, -0.05) is 29.8 Å². The average molecular weight is 297 g/mol. The molecule has 3 rings (SSSR count). The van der Waals surface area contributed by atoms with Gasteiger partial charge in [-0.25, -0.2) is 4.98 Å². The monoisotopic (exact) mass is 296 g/mol. The molecule has 6 heteroatoms. The van der Waals surface area contributed by atoms with Gasteiger partial charge in [0.25, 0.3) is 0 Å². The second-order valence-corrected chi connectivity index (χ2v) is 4.73. The highest BCUT2D eigenvalue weighted by Crippen LogP contribution is 2.39. The molecule has 0 spiro atoms. The molecule has 0 radical (unpaired) electrons. The summed E-state index contributed by atoms with van der Waals surface area (Å²) in [6.45, 7) is 0. The molecule has 0 aliphatic carbocycles. The quantitative estimate of drug-likeness (QED) is 0.679. The van der Waals surface area contributed by atoms with Gasteiger partial charge in [0.2, 0.25) is 0 Å². The number of benzene rings is 1. The molecule has 0 saturated carbocycles. The van der Waals surface area contributed by atoms with Crippen LogP contribution in [0.3, 0.4) is 0 Å². The molecule has 20 heavy (non-hydrogen) atoms. The fraction of sp³-hybridized carbons (Fsp3) is 0.0714. The predicted octanol–water partition coefficient (Wildman–Crippen LogP) is 4.90. The van der Waals surface area contributed by atoms with E-state index < -0.39 is 11.7 Å². The fourth-order valence-electron chi connectivity index (χ4n) is 2.17. The van der Waals surface area contributed by atoms with E-state index in [1.165, 1.54) is 24.5 Å². The zero-order chi connectivity index (χ0) is 14.3. The summed E-state index contributed by atoms with van der Waals surface area (Å²) < 4.78 is 39.2. The Morgan fingerprint density at radius 3 is 2.60 bits per heavy atom. The minimum Gasteiger partial charge on any atom is -0.346 e. The fourth-order valence-corrected chi connectivity index (χ4v) is 2.32. The molecular formula is C14H8ClF3N2. The molecule has 1 aromatic carbocycles. The van der Waals surface area contributed by atoms with Crippen LogP contribution >= 0.6 is 11.6 Å². The van der Waals surface area contributed by atoms with Crippen LogP contribution in [0.1, 0.15) is 5.56 Å². The van der Waals surface area contributed by atoms with Crippen LogP contribution in [0.4, 0.5) is 13.2 Å². The molecule has 2 heterocycles. The third-order valence-corrected chi connectivity index (χ3v) is 3.23. The van der Waals surface area contributed by atoms with Crippen LogP contribution in [0, 0.1) is 0 Å². The third kappa shape index (κ3) is 2.14. The van der Waals surface area contributed by atoms with Gasteiger partial charge in [-0.2, -0.15) is 13.2 Å². The van der Waals surface area contributed by atoms with Gasteiger partial charge in [-0.05, 0) is 17.7 Å². The van der Waals surface area contributed by atoms with E-state index in [2.05, 4.69) is 9.97 Å². The Labute approximate surface area is 117 Å². The number of hydrogen-bond donors (Lipinski definition) is 1. The van der Waals surface area contributed by atoms with Gasteiger partial charge in [-0.3, -0.25) is 0 Å². The normalized spacial score (nSPS) is 12.0. The Balaban J connectivity index is 2.29. The number of rotatable bonds is 1. The predicted molar refractivity (Wildman–Crippen MR) is 71.5 cm³/mol. The molecule has 1 N–H and O–H groups in total. The molecule has 2 nitrogen and oxygen atoms in total. The van der Waals surface area contributed by atoms with Gasteiger partial charge < -0.3 is 4.98 Å². The Kier molecular flexibility index (Phi) is 2.94. The van der Waals surface area contributed by atoms with Gasteiger partial charge in [-0.15, -0.1) is 0 Å².